The first-order chi connectivity index (χ1) is 8.25. The molecule has 1 atom stereocenters. The monoisotopic (exact) mass is 227 g/mol. The maximum atomic E-state index is 11.7. The fourth-order valence-electron chi connectivity index (χ4n) is 2.03. The molecule has 2 heterocycles. The first kappa shape index (κ1) is 10.1. The van der Waals surface area contributed by atoms with Gasteiger partial charge in [0.1, 0.15) is 0 Å². The molecular weight excluding hydrogens is 214 g/mol. The Morgan fingerprint density at radius 2 is 2.18 bits per heavy atom. The van der Waals surface area contributed by atoms with Gasteiger partial charge in [-0.25, -0.2) is 0 Å². The molecule has 1 aromatic heterocycles. The standard InChI is InChI=1S/C13H13N3O/c1-8-6-15-12-9-4-2-3-5-10(9)14-7-11(12)16-13(8)17/h2-5,7-8,15H,6H2,1H3,(H,16,17). The number of benzene rings is 1. The minimum atomic E-state index is -0.0406. The molecule has 4 heteroatoms. The quantitative estimate of drug-likeness (QED) is 0.725. The SMILES string of the molecule is CC1CNc2c(cnc3ccccc23)NC1=O. The first-order valence-corrected chi connectivity index (χ1v) is 5.68. The zero-order chi connectivity index (χ0) is 11.8. The Balaban J connectivity index is 2.21. The largest absolute Gasteiger partial charge is 0.382 e. The number of rotatable bonds is 0. The lowest BCUT2D eigenvalue weighted by Gasteiger charge is -2.10. The number of anilines is 2. The fourth-order valence-corrected chi connectivity index (χ4v) is 2.03. The van der Waals surface area contributed by atoms with Crippen LogP contribution in [0.1, 0.15) is 6.92 Å². The molecule has 2 aromatic rings. The third-order valence-corrected chi connectivity index (χ3v) is 3.07. The predicted molar refractivity (Wildman–Crippen MR) is 68.0 cm³/mol. The zero-order valence-electron chi connectivity index (χ0n) is 9.53. The molecule has 0 aliphatic carbocycles. The third kappa shape index (κ3) is 1.62. The van der Waals surface area contributed by atoms with Gasteiger partial charge in [0.2, 0.25) is 5.91 Å². The van der Waals surface area contributed by atoms with Crippen LogP contribution in [-0.4, -0.2) is 17.4 Å². The van der Waals surface area contributed by atoms with Gasteiger partial charge in [0.05, 0.1) is 29.0 Å². The summed E-state index contributed by atoms with van der Waals surface area (Å²) in [5, 5.41) is 7.27. The summed E-state index contributed by atoms with van der Waals surface area (Å²) in [6, 6.07) is 7.91. The fraction of sp³-hybridized carbons (Fsp3) is 0.231. The molecule has 4 nitrogen and oxygen atoms in total. The van der Waals surface area contributed by atoms with Gasteiger partial charge in [-0.3, -0.25) is 9.78 Å². The van der Waals surface area contributed by atoms with Crippen LogP contribution in [0, 0.1) is 5.92 Å². The van der Waals surface area contributed by atoms with E-state index in [1.165, 1.54) is 0 Å². The van der Waals surface area contributed by atoms with E-state index in [1.54, 1.807) is 6.20 Å². The van der Waals surface area contributed by atoms with Crippen LogP contribution in [0.3, 0.4) is 0 Å². The van der Waals surface area contributed by atoms with Crippen molar-refractivity contribution in [1.29, 1.82) is 0 Å². The molecule has 1 unspecified atom stereocenters. The molecule has 1 amide bonds. The van der Waals surface area contributed by atoms with Gasteiger partial charge in [0.25, 0.3) is 0 Å². The highest BCUT2D eigenvalue weighted by Crippen LogP contribution is 2.31. The Labute approximate surface area is 99.0 Å². The molecule has 17 heavy (non-hydrogen) atoms. The molecule has 1 aromatic carbocycles. The van der Waals surface area contributed by atoms with Crippen molar-refractivity contribution in [3.8, 4) is 0 Å². The average molecular weight is 227 g/mol. The molecule has 0 saturated carbocycles. The Bertz CT molecular complexity index is 594. The third-order valence-electron chi connectivity index (χ3n) is 3.07. The second kappa shape index (κ2) is 3.73. The summed E-state index contributed by atoms with van der Waals surface area (Å²) < 4.78 is 0. The number of nitrogens with one attached hydrogen (secondary N) is 2. The molecule has 0 radical (unpaired) electrons. The summed E-state index contributed by atoms with van der Waals surface area (Å²) in [6.45, 7) is 2.55. The molecule has 0 spiro atoms. The van der Waals surface area contributed by atoms with Crippen molar-refractivity contribution in [1.82, 2.24) is 4.98 Å². The number of carbonyl (C=O) groups excluding carboxylic acids is 1. The number of aromatic nitrogens is 1. The van der Waals surface area contributed by atoms with Crippen LogP contribution in [0.25, 0.3) is 10.9 Å². The summed E-state index contributed by atoms with van der Waals surface area (Å²) in [7, 11) is 0. The van der Waals surface area contributed by atoms with Crippen LogP contribution in [0.15, 0.2) is 30.5 Å². The summed E-state index contributed by atoms with van der Waals surface area (Å²) in [5.74, 6) is -0.00510. The lowest BCUT2D eigenvalue weighted by atomic mass is 10.1. The van der Waals surface area contributed by atoms with Gasteiger partial charge in [-0.2, -0.15) is 0 Å². The number of carbonyl (C=O) groups is 1. The molecule has 86 valence electrons. The summed E-state index contributed by atoms with van der Waals surface area (Å²) in [4.78, 5) is 16.1. The molecular formula is C13H13N3O. The van der Waals surface area contributed by atoms with Crippen molar-refractivity contribution >= 4 is 28.2 Å². The molecule has 0 bridgehead atoms. The zero-order valence-corrected chi connectivity index (χ0v) is 9.53. The van der Waals surface area contributed by atoms with Gasteiger partial charge in [-0.1, -0.05) is 25.1 Å². The van der Waals surface area contributed by atoms with E-state index in [0.717, 1.165) is 22.3 Å². The van der Waals surface area contributed by atoms with E-state index in [0.29, 0.717) is 6.54 Å². The highest BCUT2D eigenvalue weighted by atomic mass is 16.1. The molecule has 0 fully saturated rings. The highest BCUT2D eigenvalue weighted by Gasteiger charge is 2.20. The van der Waals surface area contributed by atoms with Crippen LogP contribution >= 0.6 is 0 Å². The number of amides is 1. The molecule has 1 aliphatic heterocycles. The molecule has 0 saturated heterocycles. The number of nitrogens with zero attached hydrogens (tertiary/aromatic N) is 1. The van der Waals surface area contributed by atoms with Crippen LogP contribution in [0.4, 0.5) is 11.4 Å². The van der Waals surface area contributed by atoms with Crippen molar-refractivity contribution in [2.24, 2.45) is 5.92 Å². The van der Waals surface area contributed by atoms with Crippen molar-refractivity contribution in [3.05, 3.63) is 30.5 Å². The normalized spacial score (nSPS) is 19.1. The summed E-state index contributed by atoms with van der Waals surface area (Å²) in [5.41, 5.74) is 2.66. The van der Waals surface area contributed by atoms with E-state index in [2.05, 4.69) is 15.6 Å². The Morgan fingerprint density at radius 3 is 3.06 bits per heavy atom. The Hall–Kier alpha value is -2.10. The second-order valence-electron chi connectivity index (χ2n) is 4.34. The number of fused-ring (bicyclic) bond motifs is 3. The van der Waals surface area contributed by atoms with E-state index in [4.69, 9.17) is 0 Å². The number of hydrogen-bond donors (Lipinski definition) is 2. The predicted octanol–water partition coefficient (Wildman–Crippen LogP) is 2.23. The van der Waals surface area contributed by atoms with Gasteiger partial charge >= 0.3 is 0 Å². The average Bonchev–Trinajstić information content (AvgIpc) is 2.50. The van der Waals surface area contributed by atoms with Crippen molar-refractivity contribution < 1.29 is 4.79 Å². The molecule has 1 aliphatic rings. The number of para-hydroxylation sites is 1. The van der Waals surface area contributed by atoms with Gasteiger partial charge in [-0.15, -0.1) is 0 Å². The van der Waals surface area contributed by atoms with Crippen LogP contribution in [0.5, 0.6) is 0 Å². The maximum Gasteiger partial charge on any atom is 0.229 e. The van der Waals surface area contributed by atoms with E-state index in [9.17, 15) is 4.79 Å². The van der Waals surface area contributed by atoms with Crippen molar-refractivity contribution in [2.45, 2.75) is 6.92 Å². The number of pyridine rings is 1. The van der Waals surface area contributed by atoms with Crippen LogP contribution < -0.4 is 10.6 Å². The van der Waals surface area contributed by atoms with Crippen molar-refractivity contribution in [2.75, 3.05) is 17.2 Å². The summed E-state index contributed by atoms with van der Waals surface area (Å²) in [6.07, 6.45) is 1.71. The first-order valence-electron chi connectivity index (χ1n) is 5.68. The molecule has 2 N–H and O–H groups in total. The second-order valence-corrected chi connectivity index (χ2v) is 4.34. The van der Waals surface area contributed by atoms with E-state index in [1.807, 2.05) is 31.2 Å². The van der Waals surface area contributed by atoms with Crippen LogP contribution in [0.2, 0.25) is 0 Å². The maximum absolute atomic E-state index is 11.7. The minimum absolute atomic E-state index is 0.0355. The Kier molecular flexibility index (Phi) is 2.21. The van der Waals surface area contributed by atoms with Crippen LogP contribution in [-0.2, 0) is 4.79 Å². The number of hydrogen-bond acceptors (Lipinski definition) is 3. The lowest BCUT2D eigenvalue weighted by Crippen LogP contribution is -2.22. The van der Waals surface area contributed by atoms with Gasteiger partial charge in [-0.05, 0) is 6.07 Å². The van der Waals surface area contributed by atoms with Gasteiger partial charge in [0.15, 0.2) is 0 Å². The lowest BCUT2D eigenvalue weighted by molar-refractivity contribution is -0.118. The Morgan fingerprint density at radius 1 is 1.35 bits per heavy atom. The van der Waals surface area contributed by atoms with Gasteiger partial charge in [0, 0.05) is 11.9 Å². The van der Waals surface area contributed by atoms with Crippen molar-refractivity contribution in [3.63, 3.8) is 0 Å². The van der Waals surface area contributed by atoms with Gasteiger partial charge < -0.3 is 10.6 Å². The van der Waals surface area contributed by atoms with E-state index in [-0.39, 0.29) is 11.8 Å². The minimum Gasteiger partial charge on any atom is -0.382 e. The summed E-state index contributed by atoms with van der Waals surface area (Å²) >= 11 is 0. The highest BCUT2D eigenvalue weighted by molar-refractivity contribution is 6.04. The smallest absolute Gasteiger partial charge is 0.229 e. The van der Waals surface area contributed by atoms with E-state index >= 15 is 0 Å². The topological polar surface area (TPSA) is 54.0 Å². The van der Waals surface area contributed by atoms with E-state index < -0.39 is 0 Å². The molecule has 3 rings (SSSR count).